The molecule has 0 radical (unpaired) electrons. The van der Waals surface area contributed by atoms with Gasteiger partial charge in [0.25, 0.3) is 0 Å². The summed E-state index contributed by atoms with van der Waals surface area (Å²) < 4.78 is 0. The van der Waals surface area contributed by atoms with Crippen molar-refractivity contribution in [2.45, 2.75) is 59.6 Å². The van der Waals surface area contributed by atoms with Crippen molar-refractivity contribution in [3.63, 3.8) is 0 Å². The molecule has 0 spiro atoms. The maximum atomic E-state index is 10.7. The van der Waals surface area contributed by atoms with Crippen LogP contribution < -0.4 is 0 Å². The summed E-state index contributed by atoms with van der Waals surface area (Å²) in [6.07, 6.45) is 2.23. The summed E-state index contributed by atoms with van der Waals surface area (Å²) in [5.41, 5.74) is 4.84. The Balaban J connectivity index is 2.12. The lowest BCUT2D eigenvalue weighted by molar-refractivity contribution is 0.100. The highest BCUT2D eigenvalue weighted by Crippen LogP contribution is 2.31. The Hall–Kier alpha value is -0.860. The van der Waals surface area contributed by atoms with Crippen molar-refractivity contribution in [1.29, 1.82) is 0 Å². The number of aliphatic hydroxyl groups is 1. The zero-order valence-corrected chi connectivity index (χ0v) is 13.6. The molecule has 112 valence electrons. The van der Waals surface area contributed by atoms with Gasteiger partial charge in [-0.15, -0.1) is 0 Å². The molecule has 0 bridgehead atoms. The molecule has 2 heteroatoms. The van der Waals surface area contributed by atoms with E-state index in [9.17, 15) is 5.11 Å². The first-order valence-electron chi connectivity index (χ1n) is 7.88. The molecule has 1 fully saturated rings. The van der Waals surface area contributed by atoms with E-state index in [0.29, 0.717) is 12.0 Å². The molecule has 2 nitrogen and oxygen atoms in total. The summed E-state index contributed by atoms with van der Waals surface area (Å²) in [7, 11) is 0. The summed E-state index contributed by atoms with van der Waals surface area (Å²) >= 11 is 0. The highest BCUT2D eigenvalue weighted by Gasteiger charge is 2.31. The fourth-order valence-electron chi connectivity index (χ4n) is 3.31. The second-order valence-electron chi connectivity index (χ2n) is 6.91. The van der Waals surface area contributed by atoms with Crippen molar-refractivity contribution < 1.29 is 5.11 Å². The van der Waals surface area contributed by atoms with Gasteiger partial charge in [0.1, 0.15) is 0 Å². The fraction of sp³-hybridized carbons (Fsp3) is 0.667. The molecule has 1 unspecified atom stereocenters. The maximum absolute atomic E-state index is 10.7. The van der Waals surface area contributed by atoms with Crippen molar-refractivity contribution in [3.05, 3.63) is 34.4 Å². The lowest BCUT2D eigenvalue weighted by Gasteiger charge is -2.28. The van der Waals surface area contributed by atoms with E-state index in [2.05, 4.69) is 51.7 Å². The minimum absolute atomic E-state index is 0.366. The van der Waals surface area contributed by atoms with E-state index >= 15 is 0 Å². The first-order chi connectivity index (χ1) is 9.38. The monoisotopic (exact) mass is 275 g/mol. The molecule has 1 aromatic carbocycles. The van der Waals surface area contributed by atoms with Crippen LogP contribution in [-0.4, -0.2) is 29.1 Å². The molecule has 0 aromatic heterocycles. The topological polar surface area (TPSA) is 23.5 Å². The van der Waals surface area contributed by atoms with E-state index in [4.69, 9.17) is 0 Å². The van der Waals surface area contributed by atoms with E-state index in [0.717, 1.165) is 18.7 Å². The van der Waals surface area contributed by atoms with E-state index < -0.39 is 0 Å². The zero-order valence-electron chi connectivity index (χ0n) is 13.6. The first kappa shape index (κ1) is 15.5. The van der Waals surface area contributed by atoms with Gasteiger partial charge in [-0.3, -0.25) is 4.90 Å². The summed E-state index contributed by atoms with van der Waals surface area (Å²) in [4.78, 5) is 2.48. The van der Waals surface area contributed by atoms with E-state index in [1.807, 2.05) is 0 Å². The Labute approximate surface area is 123 Å². The van der Waals surface area contributed by atoms with Crippen LogP contribution in [0.2, 0.25) is 0 Å². The predicted octanol–water partition coefficient (Wildman–Crippen LogP) is 3.77. The van der Waals surface area contributed by atoms with Gasteiger partial charge < -0.3 is 5.11 Å². The lowest BCUT2D eigenvalue weighted by atomic mass is 9.95. The molecule has 1 N–H and O–H groups in total. The molecule has 1 aromatic rings. The number of hydrogen-bond donors (Lipinski definition) is 1. The Morgan fingerprint density at radius 3 is 2.10 bits per heavy atom. The second kappa shape index (κ2) is 6.28. The summed E-state index contributed by atoms with van der Waals surface area (Å²) in [6.45, 7) is 12.7. The van der Waals surface area contributed by atoms with Gasteiger partial charge in [0.2, 0.25) is 0 Å². The SMILES string of the molecule is Cc1cc(C)c(C(O)CN(CC(C)C)C2CC2)c(C)c1. The van der Waals surface area contributed by atoms with Crippen LogP contribution in [0.4, 0.5) is 0 Å². The molecule has 1 saturated carbocycles. The first-order valence-corrected chi connectivity index (χ1v) is 7.88. The van der Waals surface area contributed by atoms with Gasteiger partial charge in [-0.1, -0.05) is 31.5 Å². The van der Waals surface area contributed by atoms with Crippen molar-refractivity contribution in [1.82, 2.24) is 4.90 Å². The predicted molar refractivity (Wildman–Crippen MR) is 85.0 cm³/mol. The highest BCUT2D eigenvalue weighted by molar-refractivity contribution is 5.39. The number of nitrogens with zero attached hydrogens (tertiary/aromatic N) is 1. The molecule has 20 heavy (non-hydrogen) atoms. The maximum Gasteiger partial charge on any atom is 0.0922 e. The largest absolute Gasteiger partial charge is 0.387 e. The second-order valence-corrected chi connectivity index (χ2v) is 6.91. The molecule has 0 aliphatic heterocycles. The Morgan fingerprint density at radius 1 is 1.10 bits per heavy atom. The van der Waals surface area contributed by atoms with Crippen LogP contribution in [0.3, 0.4) is 0 Å². The number of benzene rings is 1. The molecule has 2 rings (SSSR count). The van der Waals surface area contributed by atoms with Gasteiger partial charge >= 0.3 is 0 Å². The van der Waals surface area contributed by atoms with Crippen molar-refractivity contribution in [3.8, 4) is 0 Å². The summed E-state index contributed by atoms with van der Waals surface area (Å²) in [5, 5.41) is 10.7. The number of rotatable bonds is 6. The third kappa shape index (κ3) is 3.83. The van der Waals surface area contributed by atoms with Crippen LogP contribution in [0.1, 0.15) is 55.0 Å². The Bertz CT molecular complexity index is 439. The molecule has 0 amide bonds. The van der Waals surface area contributed by atoms with Crippen LogP contribution in [0.15, 0.2) is 12.1 Å². The van der Waals surface area contributed by atoms with E-state index in [-0.39, 0.29) is 6.10 Å². The van der Waals surface area contributed by atoms with Crippen molar-refractivity contribution in [2.24, 2.45) is 5.92 Å². The highest BCUT2D eigenvalue weighted by atomic mass is 16.3. The minimum atomic E-state index is -0.366. The molecule has 1 atom stereocenters. The van der Waals surface area contributed by atoms with Crippen LogP contribution in [0.5, 0.6) is 0 Å². The van der Waals surface area contributed by atoms with E-state index in [1.165, 1.54) is 29.5 Å². The van der Waals surface area contributed by atoms with E-state index in [1.54, 1.807) is 0 Å². The van der Waals surface area contributed by atoms with Crippen LogP contribution in [-0.2, 0) is 0 Å². The molecule has 1 aliphatic carbocycles. The minimum Gasteiger partial charge on any atom is -0.387 e. The van der Waals surface area contributed by atoms with Gasteiger partial charge in [-0.05, 0) is 56.2 Å². The number of aliphatic hydroxyl groups excluding tert-OH is 1. The third-order valence-corrected chi connectivity index (χ3v) is 4.14. The lowest BCUT2D eigenvalue weighted by Crippen LogP contribution is -2.34. The summed E-state index contributed by atoms with van der Waals surface area (Å²) in [5.74, 6) is 0.656. The van der Waals surface area contributed by atoms with Crippen molar-refractivity contribution in [2.75, 3.05) is 13.1 Å². The molecule has 1 aliphatic rings. The van der Waals surface area contributed by atoms with Crippen LogP contribution >= 0.6 is 0 Å². The van der Waals surface area contributed by atoms with Crippen LogP contribution in [0, 0.1) is 26.7 Å². The zero-order chi connectivity index (χ0) is 14.9. The quantitative estimate of drug-likeness (QED) is 0.854. The molecule has 0 saturated heterocycles. The fourth-order valence-corrected chi connectivity index (χ4v) is 3.31. The molecular weight excluding hydrogens is 246 g/mol. The number of aryl methyl sites for hydroxylation is 3. The van der Waals surface area contributed by atoms with Gasteiger partial charge in [-0.2, -0.15) is 0 Å². The molecule has 0 heterocycles. The average molecular weight is 275 g/mol. The standard InChI is InChI=1S/C18H29NO/c1-12(2)10-19(16-6-7-16)11-17(20)18-14(4)8-13(3)9-15(18)5/h8-9,12,16-17,20H,6-7,10-11H2,1-5H3. The van der Waals surface area contributed by atoms with Crippen molar-refractivity contribution >= 4 is 0 Å². The summed E-state index contributed by atoms with van der Waals surface area (Å²) in [6, 6.07) is 5.06. The average Bonchev–Trinajstić information content (AvgIpc) is 3.09. The third-order valence-electron chi connectivity index (χ3n) is 4.14. The van der Waals surface area contributed by atoms with Gasteiger partial charge in [0.05, 0.1) is 6.10 Å². The molecular formula is C18H29NO. The smallest absolute Gasteiger partial charge is 0.0922 e. The van der Waals surface area contributed by atoms with Crippen LogP contribution in [0.25, 0.3) is 0 Å². The van der Waals surface area contributed by atoms with Gasteiger partial charge in [0.15, 0.2) is 0 Å². The Kier molecular flexibility index (Phi) is 4.87. The normalized spacial score (nSPS) is 17.0. The van der Waals surface area contributed by atoms with Gasteiger partial charge in [-0.25, -0.2) is 0 Å². The Morgan fingerprint density at radius 2 is 1.65 bits per heavy atom. The number of hydrogen-bond acceptors (Lipinski definition) is 2. The van der Waals surface area contributed by atoms with Gasteiger partial charge in [0, 0.05) is 19.1 Å².